The van der Waals surface area contributed by atoms with E-state index in [1.165, 1.54) is 0 Å². The molecule has 1 heterocycles. The van der Waals surface area contributed by atoms with Crippen molar-refractivity contribution in [2.24, 2.45) is 7.05 Å². The SMILES string of the molecule is CCCCn1cc[n+](C)c1C(=O)NC. The Morgan fingerprint density at radius 1 is 1.64 bits per heavy atom. The Morgan fingerprint density at radius 2 is 2.36 bits per heavy atom. The molecule has 0 bridgehead atoms. The zero-order valence-electron chi connectivity index (χ0n) is 9.08. The van der Waals surface area contributed by atoms with Gasteiger partial charge in [0.05, 0.1) is 13.6 Å². The monoisotopic (exact) mass is 196 g/mol. The van der Waals surface area contributed by atoms with E-state index >= 15 is 0 Å². The van der Waals surface area contributed by atoms with Crippen LogP contribution in [0.4, 0.5) is 0 Å². The molecule has 1 amide bonds. The number of unbranched alkanes of at least 4 members (excludes halogenated alkanes) is 1. The second kappa shape index (κ2) is 4.79. The summed E-state index contributed by atoms with van der Waals surface area (Å²) in [6, 6.07) is 0. The molecule has 0 spiro atoms. The molecule has 0 saturated carbocycles. The third kappa shape index (κ3) is 2.13. The summed E-state index contributed by atoms with van der Waals surface area (Å²) < 4.78 is 3.83. The first kappa shape index (κ1) is 10.8. The van der Waals surface area contributed by atoms with E-state index in [-0.39, 0.29) is 5.91 Å². The molecule has 0 aliphatic carbocycles. The van der Waals surface area contributed by atoms with Crippen molar-refractivity contribution in [2.75, 3.05) is 7.05 Å². The molecule has 0 saturated heterocycles. The predicted octanol–water partition coefficient (Wildman–Crippen LogP) is 0.472. The molecule has 4 heteroatoms. The number of amides is 1. The number of nitrogens with one attached hydrogen (secondary N) is 1. The third-order valence-corrected chi connectivity index (χ3v) is 2.26. The molecule has 1 rings (SSSR count). The lowest BCUT2D eigenvalue weighted by Gasteiger charge is -2.00. The minimum atomic E-state index is -0.0337. The number of aryl methyl sites for hydroxylation is 2. The summed E-state index contributed by atoms with van der Waals surface area (Å²) in [5, 5.41) is 2.64. The average molecular weight is 196 g/mol. The van der Waals surface area contributed by atoms with Crippen LogP contribution in [0.2, 0.25) is 0 Å². The molecule has 1 N–H and O–H groups in total. The second-order valence-electron chi connectivity index (χ2n) is 3.36. The Morgan fingerprint density at radius 3 is 2.93 bits per heavy atom. The lowest BCUT2D eigenvalue weighted by molar-refractivity contribution is -0.673. The highest BCUT2D eigenvalue weighted by Gasteiger charge is 2.21. The van der Waals surface area contributed by atoms with Gasteiger partial charge in [-0.2, -0.15) is 0 Å². The summed E-state index contributed by atoms with van der Waals surface area (Å²) in [6.07, 6.45) is 6.08. The number of rotatable bonds is 4. The van der Waals surface area contributed by atoms with Gasteiger partial charge in [0.2, 0.25) is 0 Å². The smallest absolute Gasteiger partial charge is 0.347 e. The van der Waals surface area contributed by atoms with Gasteiger partial charge < -0.3 is 5.32 Å². The lowest BCUT2D eigenvalue weighted by Crippen LogP contribution is -2.39. The van der Waals surface area contributed by atoms with E-state index in [0.29, 0.717) is 5.82 Å². The average Bonchev–Trinajstić information content (AvgIpc) is 2.55. The van der Waals surface area contributed by atoms with Crippen molar-refractivity contribution in [3.63, 3.8) is 0 Å². The van der Waals surface area contributed by atoms with Crippen LogP contribution in [0.5, 0.6) is 0 Å². The molecule has 78 valence electrons. The van der Waals surface area contributed by atoms with Gasteiger partial charge in [-0.1, -0.05) is 13.3 Å². The summed E-state index contributed by atoms with van der Waals surface area (Å²) in [6.45, 7) is 3.04. The highest BCUT2D eigenvalue weighted by atomic mass is 16.2. The van der Waals surface area contributed by atoms with Crippen molar-refractivity contribution in [1.82, 2.24) is 9.88 Å². The van der Waals surface area contributed by atoms with Crippen LogP contribution in [-0.2, 0) is 13.6 Å². The summed E-state index contributed by atoms with van der Waals surface area (Å²) in [5.74, 6) is 0.676. The fourth-order valence-corrected chi connectivity index (χ4v) is 1.44. The normalized spacial score (nSPS) is 10.2. The number of nitrogens with zero attached hydrogens (tertiary/aromatic N) is 2. The Kier molecular flexibility index (Phi) is 3.68. The minimum absolute atomic E-state index is 0.0337. The fraction of sp³-hybridized carbons (Fsp3) is 0.600. The zero-order chi connectivity index (χ0) is 10.6. The van der Waals surface area contributed by atoms with Gasteiger partial charge in [0.1, 0.15) is 12.4 Å². The van der Waals surface area contributed by atoms with E-state index in [1.54, 1.807) is 7.05 Å². The van der Waals surface area contributed by atoms with Crippen molar-refractivity contribution in [3.8, 4) is 0 Å². The predicted molar refractivity (Wildman–Crippen MR) is 53.9 cm³/mol. The minimum Gasteiger partial charge on any atom is -0.349 e. The quantitative estimate of drug-likeness (QED) is 0.699. The maximum atomic E-state index is 11.5. The van der Waals surface area contributed by atoms with Crippen molar-refractivity contribution in [1.29, 1.82) is 0 Å². The van der Waals surface area contributed by atoms with E-state index in [2.05, 4.69) is 12.2 Å². The van der Waals surface area contributed by atoms with Crippen LogP contribution in [0.15, 0.2) is 12.4 Å². The van der Waals surface area contributed by atoms with Gasteiger partial charge in [-0.05, 0) is 6.42 Å². The van der Waals surface area contributed by atoms with Gasteiger partial charge >= 0.3 is 11.7 Å². The molecular formula is C10H18N3O+. The van der Waals surface area contributed by atoms with Gasteiger partial charge in [-0.3, -0.25) is 4.79 Å². The van der Waals surface area contributed by atoms with Gasteiger partial charge in [0, 0.05) is 7.05 Å². The Labute approximate surface area is 84.5 Å². The molecule has 14 heavy (non-hydrogen) atoms. The first-order valence-electron chi connectivity index (χ1n) is 4.97. The molecule has 1 aromatic heterocycles. The van der Waals surface area contributed by atoms with Crippen LogP contribution in [0.25, 0.3) is 0 Å². The van der Waals surface area contributed by atoms with Gasteiger partial charge in [-0.15, -0.1) is 0 Å². The molecule has 0 radical (unpaired) electrons. The number of hydrogen-bond donors (Lipinski definition) is 1. The van der Waals surface area contributed by atoms with E-state index in [0.717, 1.165) is 19.4 Å². The highest BCUT2D eigenvalue weighted by molar-refractivity contribution is 5.89. The van der Waals surface area contributed by atoms with E-state index in [9.17, 15) is 4.79 Å². The van der Waals surface area contributed by atoms with Crippen molar-refractivity contribution < 1.29 is 9.36 Å². The van der Waals surface area contributed by atoms with Crippen molar-refractivity contribution >= 4 is 5.91 Å². The first-order chi connectivity index (χ1) is 6.70. The Hall–Kier alpha value is -1.32. The molecule has 4 nitrogen and oxygen atoms in total. The molecule has 0 unspecified atom stereocenters. The Bertz CT molecular complexity index is 317. The number of imidazole rings is 1. The van der Waals surface area contributed by atoms with Crippen molar-refractivity contribution in [3.05, 3.63) is 18.2 Å². The van der Waals surface area contributed by atoms with Gasteiger partial charge in [0.15, 0.2) is 0 Å². The molecular weight excluding hydrogens is 178 g/mol. The van der Waals surface area contributed by atoms with Crippen LogP contribution in [-0.4, -0.2) is 17.5 Å². The molecule has 0 atom stereocenters. The van der Waals surface area contributed by atoms with Crippen molar-refractivity contribution in [2.45, 2.75) is 26.3 Å². The van der Waals surface area contributed by atoms with E-state index in [1.807, 2.05) is 28.6 Å². The highest BCUT2D eigenvalue weighted by Crippen LogP contribution is 1.99. The van der Waals surface area contributed by atoms with Crippen LogP contribution in [0, 0.1) is 0 Å². The number of carbonyl (C=O) groups is 1. The lowest BCUT2D eigenvalue weighted by atomic mass is 10.3. The van der Waals surface area contributed by atoms with E-state index in [4.69, 9.17) is 0 Å². The van der Waals surface area contributed by atoms with Gasteiger partial charge in [0.25, 0.3) is 0 Å². The Balaban J connectivity index is 2.88. The molecule has 1 aromatic rings. The number of aromatic nitrogens is 2. The van der Waals surface area contributed by atoms with Gasteiger partial charge in [-0.25, -0.2) is 9.13 Å². The number of carbonyl (C=O) groups excluding carboxylic acids is 1. The second-order valence-corrected chi connectivity index (χ2v) is 3.36. The standard InChI is InChI=1S/C10H17N3O/c1-4-5-6-13-8-7-12(3)10(13)9(14)11-2/h7-8H,4-6H2,1-3H3/p+1. The summed E-state index contributed by atoms with van der Waals surface area (Å²) in [7, 11) is 3.53. The molecule has 0 aliphatic heterocycles. The topological polar surface area (TPSA) is 37.9 Å². The maximum Gasteiger partial charge on any atom is 0.347 e. The molecule has 0 fully saturated rings. The zero-order valence-corrected chi connectivity index (χ0v) is 9.08. The van der Waals surface area contributed by atoms with Crippen LogP contribution in [0.3, 0.4) is 0 Å². The third-order valence-electron chi connectivity index (χ3n) is 2.26. The molecule has 0 aliphatic rings. The molecule has 0 aromatic carbocycles. The summed E-state index contributed by atoms with van der Waals surface area (Å²) >= 11 is 0. The largest absolute Gasteiger partial charge is 0.349 e. The number of hydrogen-bond acceptors (Lipinski definition) is 1. The summed E-state index contributed by atoms with van der Waals surface area (Å²) in [5.41, 5.74) is 0. The first-order valence-corrected chi connectivity index (χ1v) is 4.97. The van der Waals surface area contributed by atoms with Crippen LogP contribution < -0.4 is 9.88 Å². The maximum absolute atomic E-state index is 11.5. The summed E-state index contributed by atoms with van der Waals surface area (Å²) in [4.78, 5) is 11.5. The van der Waals surface area contributed by atoms with Crippen LogP contribution in [0.1, 0.15) is 30.4 Å². The fourth-order valence-electron chi connectivity index (χ4n) is 1.44. The van der Waals surface area contributed by atoms with E-state index < -0.39 is 0 Å². The van der Waals surface area contributed by atoms with Crippen LogP contribution >= 0.6 is 0 Å².